The SMILES string of the molecule is O[C@@]1(C#Cc2cccc(Cl)c2)CCC[C@H](Nc2ccc3c(c2)OC(F)(F)O3)C1. The molecule has 4 rings (SSSR count). The van der Waals surface area contributed by atoms with Crippen molar-refractivity contribution in [3.8, 4) is 23.3 Å². The van der Waals surface area contributed by atoms with E-state index in [1.54, 1.807) is 18.2 Å². The van der Waals surface area contributed by atoms with Gasteiger partial charge in [-0.1, -0.05) is 29.5 Å². The van der Waals surface area contributed by atoms with E-state index in [-0.39, 0.29) is 17.5 Å². The predicted octanol–water partition coefficient (Wildman–Crippen LogP) is 4.80. The Morgan fingerprint density at radius 3 is 2.79 bits per heavy atom. The zero-order chi connectivity index (χ0) is 19.8. The quantitative estimate of drug-likeness (QED) is 0.705. The van der Waals surface area contributed by atoms with Gasteiger partial charge in [-0.2, -0.15) is 0 Å². The first-order chi connectivity index (χ1) is 13.3. The molecule has 0 radical (unpaired) electrons. The summed E-state index contributed by atoms with van der Waals surface area (Å²) in [6, 6.07) is 11.7. The van der Waals surface area contributed by atoms with Crippen LogP contribution in [0.3, 0.4) is 0 Å². The van der Waals surface area contributed by atoms with Crippen LogP contribution < -0.4 is 14.8 Å². The Bertz CT molecular complexity index is 956. The molecule has 0 spiro atoms. The van der Waals surface area contributed by atoms with E-state index < -0.39 is 11.9 Å². The lowest BCUT2D eigenvalue weighted by Crippen LogP contribution is -2.39. The van der Waals surface area contributed by atoms with Gasteiger partial charge in [-0.05, 0) is 49.6 Å². The number of anilines is 1. The fourth-order valence-electron chi connectivity index (χ4n) is 3.52. The van der Waals surface area contributed by atoms with Crippen LogP contribution in [0.25, 0.3) is 0 Å². The van der Waals surface area contributed by atoms with Crippen molar-refractivity contribution in [2.24, 2.45) is 0 Å². The largest absolute Gasteiger partial charge is 0.586 e. The van der Waals surface area contributed by atoms with Gasteiger partial charge in [0, 0.05) is 34.8 Å². The van der Waals surface area contributed by atoms with Crippen LogP contribution in [0, 0.1) is 11.8 Å². The highest BCUT2D eigenvalue weighted by atomic mass is 35.5. The third kappa shape index (κ3) is 4.32. The molecule has 0 unspecified atom stereocenters. The fourth-order valence-corrected chi connectivity index (χ4v) is 3.71. The Morgan fingerprint density at radius 2 is 1.96 bits per heavy atom. The van der Waals surface area contributed by atoms with Crippen LogP contribution in [0.2, 0.25) is 5.02 Å². The van der Waals surface area contributed by atoms with Crippen molar-refractivity contribution < 1.29 is 23.4 Å². The monoisotopic (exact) mass is 405 g/mol. The maximum absolute atomic E-state index is 13.2. The van der Waals surface area contributed by atoms with Crippen molar-refractivity contribution in [1.82, 2.24) is 0 Å². The Balaban J connectivity index is 1.45. The minimum atomic E-state index is -3.64. The molecule has 2 N–H and O–H groups in total. The molecule has 146 valence electrons. The van der Waals surface area contributed by atoms with Crippen LogP contribution in [-0.2, 0) is 0 Å². The predicted molar refractivity (Wildman–Crippen MR) is 102 cm³/mol. The van der Waals surface area contributed by atoms with Gasteiger partial charge < -0.3 is 19.9 Å². The molecule has 1 aliphatic heterocycles. The molecule has 7 heteroatoms. The fraction of sp³-hybridized carbons (Fsp3) is 0.333. The zero-order valence-corrected chi connectivity index (χ0v) is 15.6. The third-order valence-electron chi connectivity index (χ3n) is 4.76. The van der Waals surface area contributed by atoms with Crippen LogP contribution in [0.4, 0.5) is 14.5 Å². The highest BCUT2D eigenvalue weighted by molar-refractivity contribution is 6.30. The topological polar surface area (TPSA) is 50.7 Å². The molecule has 1 saturated carbocycles. The third-order valence-corrected chi connectivity index (χ3v) is 5.00. The van der Waals surface area contributed by atoms with E-state index in [9.17, 15) is 13.9 Å². The van der Waals surface area contributed by atoms with E-state index in [1.165, 1.54) is 12.1 Å². The summed E-state index contributed by atoms with van der Waals surface area (Å²) < 4.78 is 35.2. The molecule has 28 heavy (non-hydrogen) atoms. The molecule has 4 nitrogen and oxygen atoms in total. The van der Waals surface area contributed by atoms with Crippen molar-refractivity contribution in [2.75, 3.05) is 5.32 Å². The number of rotatable bonds is 2. The van der Waals surface area contributed by atoms with E-state index in [0.717, 1.165) is 18.4 Å². The Kier molecular flexibility index (Phi) is 4.82. The van der Waals surface area contributed by atoms with E-state index in [1.807, 2.05) is 12.1 Å². The van der Waals surface area contributed by atoms with E-state index >= 15 is 0 Å². The molecule has 1 heterocycles. The number of nitrogens with one attached hydrogen (secondary N) is 1. The average molecular weight is 406 g/mol. The molecule has 0 bridgehead atoms. The molecule has 2 atom stereocenters. The molecular weight excluding hydrogens is 388 g/mol. The number of fused-ring (bicyclic) bond motifs is 1. The van der Waals surface area contributed by atoms with Gasteiger partial charge in [-0.25, -0.2) is 0 Å². The molecule has 0 aromatic heterocycles. The van der Waals surface area contributed by atoms with Crippen molar-refractivity contribution in [3.63, 3.8) is 0 Å². The van der Waals surface area contributed by atoms with Gasteiger partial charge in [0.25, 0.3) is 0 Å². The lowest BCUT2D eigenvalue weighted by Gasteiger charge is -2.34. The standard InChI is InChI=1S/C21H18ClF2NO3/c22-15-4-1-3-14(11-15)8-10-20(26)9-2-5-17(13-20)25-16-6-7-18-19(12-16)28-21(23,24)27-18/h1,3-4,6-7,11-12,17,25-26H,2,5,9,13H2/t17-,20+/m0/s1. The molecule has 2 aromatic carbocycles. The van der Waals surface area contributed by atoms with E-state index in [0.29, 0.717) is 23.6 Å². The summed E-state index contributed by atoms with van der Waals surface area (Å²) in [5, 5.41) is 14.7. The van der Waals surface area contributed by atoms with Crippen LogP contribution >= 0.6 is 11.6 Å². The van der Waals surface area contributed by atoms with Crippen LogP contribution in [0.1, 0.15) is 31.2 Å². The number of aliphatic hydroxyl groups is 1. The van der Waals surface area contributed by atoms with Crippen LogP contribution in [0.15, 0.2) is 42.5 Å². The number of ether oxygens (including phenoxy) is 2. The van der Waals surface area contributed by atoms with Gasteiger partial charge in [0.2, 0.25) is 0 Å². The van der Waals surface area contributed by atoms with Crippen molar-refractivity contribution in [2.45, 2.75) is 43.6 Å². The Labute approximate surface area is 166 Å². The number of alkyl halides is 2. The van der Waals surface area contributed by atoms with Crippen LogP contribution in [0.5, 0.6) is 11.5 Å². The van der Waals surface area contributed by atoms with E-state index in [4.69, 9.17) is 11.6 Å². The molecule has 1 fully saturated rings. The molecule has 2 aliphatic rings. The first-order valence-corrected chi connectivity index (χ1v) is 9.36. The molecule has 0 saturated heterocycles. The molecule has 0 amide bonds. The summed E-state index contributed by atoms with van der Waals surface area (Å²) >= 11 is 5.97. The minimum Gasteiger partial charge on any atom is -0.395 e. The van der Waals surface area contributed by atoms with Gasteiger partial charge in [0.15, 0.2) is 11.5 Å². The van der Waals surface area contributed by atoms with Crippen LogP contribution in [-0.4, -0.2) is 23.0 Å². The molecule has 2 aromatic rings. The Hall–Kier alpha value is -2.49. The summed E-state index contributed by atoms with van der Waals surface area (Å²) in [5.41, 5.74) is 0.242. The lowest BCUT2D eigenvalue weighted by molar-refractivity contribution is -0.286. The average Bonchev–Trinajstić information content (AvgIpc) is 2.93. The van der Waals surface area contributed by atoms with Crippen molar-refractivity contribution >= 4 is 17.3 Å². The molecular formula is C21H18ClF2NO3. The summed E-state index contributed by atoms with van der Waals surface area (Å²) in [6.45, 7) is 0. The molecule has 1 aliphatic carbocycles. The number of benzene rings is 2. The maximum Gasteiger partial charge on any atom is 0.586 e. The zero-order valence-electron chi connectivity index (χ0n) is 14.8. The van der Waals surface area contributed by atoms with Crippen molar-refractivity contribution in [3.05, 3.63) is 53.1 Å². The highest BCUT2D eigenvalue weighted by Crippen LogP contribution is 2.42. The van der Waals surface area contributed by atoms with Gasteiger partial charge in [0.1, 0.15) is 5.60 Å². The highest BCUT2D eigenvalue weighted by Gasteiger charge is 2.43. The first-order valence-electron chi connectivity index (χ1n) is 8.98. The summed E-state index contributed by atoms with van der Waals surface area (Å²) in [5.74, 6) is 5.95. The van der Waals surface area contributed by atoms with Gasteiger partial charge in [0.05, 0.1) is 0 Å². The van der Waals surface area contributed by atoms with Crippen molar-refractivity contribution in [1.29, 1.82) is 0 Å². The van der Waals surface area contributed by atoms with Gasteiger partial charge >= 0.3 is 6.29 Å². The number of halogens is 3. The lowest BCUT2D eigenvalue weighted by atomic mass is 9.82. The van der Waals surface area contributed by atoms with Gasteiger partial charge in [-0.3, -0.25) is 0 Å². The summed E-state index contributed by atoms with van der Waals surface area (Å²) in [6.07, 6.45) is -1.01. The minimum absolute atomic E-state index is 0.00286. The normalized spacial score (nSPS) is 24.9. The second-order valence-corrected chi connectivity index (χ2v) is 7.49. The smallest absolute Gasteiger partial charge is 0.395 e. The Morgan fingerprint density at radius 1 is 1.14 bits per heavy atom. The number of hydrogen-bond acceptors (Lipinski definition) is 4. The number of hydrogen-bond donors (Lipinski definition) is 2. The summed E-state index contributed by atoms with van der Waals surface area (Å²) in [4.78, 5) is 0. The second-order valence-electron chi connectivity index (χ2n) is 7.06. The second kappa shape index (κ2) is 7.16. The van der Waals surface area contributed by atoms with Gasteiger partial charge in [-0.15, -0.1) is 8.78 Å². The maximum atomic E-state index is 13.2. The van der Waals surface area contributed by atoms with E-state index in [2.05, 4.69) is 26.6 Å². The summed E-state index contributed by atoms with van der Waals surface area (Å²) in [7, 11) is 0. The first kappa shape index (κ1) is 18.9.